The fourth-order valence-electron chi connectivity index (χ4n) is 4.03. The van der Waals surface area contributed by atoms with Gasteiger partial charge in [-0.05, 0) is 35.0 Å². The molecule has 2 aliphatic heterocycles. The molecule has 40 heavy (non-hydrogen) atoms. The molecule has 10 nitrogen and oxygen atoms in total. The normalized spacial score (nSPS) is 16.7. The lowest BCUT2D eigenvalue weighted by Crippen LogP contribution is -2.38. The van der Waals surface area contributed by atoms with Crippen LogP contribution >= 0.6 is 15.9 Å². The number of hydrazine groups is 1. The van der Waals surface area contributed by atoms with Gasteiger partial charge in [-0.1, -0.05) is 19.6 Å². The topological polar surface area (TPSA) is 92.6 Å². The number of nitrogens with zero attached hydrogens (tertiary/aromatic N) is 6. The summed E-state index contributed by atoms with van der Waals surface area (Å²) in [6, 6.07) is 3.11. The Labute approximate surface area is 241 Å². The Hall–Kier alpha value is -2.62. The molecule has 0 saturated heterocycles. The van der Waals surface area contributed by atoms with Gasteiger partial charge in [-0.2, -0.15) is 18.3 Å². The number of alkyl halides is 3. The summed E-state index contributed by atoms with van der Waals surface area (Å²) in [7, 11) is -1.11. The molecule has 0 amide bonds. The molecule has 4 rings (SSSR count). The number of anilines is 1. The van der Waals surface area contributed by atoms with Crippen LogP contribution in [0.2, 0.25) is 25.7 Å². The van der Waals surface area contributed by atoms with Gasteiger partial charge in [-0.15, -0.1) is 0 Å². The van der Waals surface area contributed by atoms with E-state index in [1.807, 2.05) is 40.0 Å². The molecular formula is C25H36BrF3N8O2Si. The molecule has 2 aromatic heterocycles. The van der Waals surface area contributed by atoms with Gasteiger partial charge in [-0.25, -0.2) is 9.97 Å². The van der Waals surface area contributed by atoms with Gasteiger partial charge in [0.25, 0.3) is 0 Å². The zero-order chi connectivity index (χ0) is 28.9. The van der Waals surface area contributed by atoms with Gasteiger partial charge in [0, 0.05) is 52.1 Å². The zero-order valence-corrected chi connectivity index (χ0v) is 25.7. The molecule has 0 saturated carbocycles. The van der Waals surface area contributed by atoms with E-state index in [0.717, 1.165) is 46.6 Å². The van der Waals surface area contributed by atoms with Crippen LogP contribution in [0.4, 0.5) is 19.1 Å². The maximum absolute atomic E-state index is 12.8. The number of aromatic nitrogens is 4. The van der Waals surface area contributed by atoms with Gasteiger partial charge in [0.2, 0.25) is 5.95 Å². The van der Waals surface area contributed by atoms with E-state index >= 15 is 0 Å². The fourth-order valence-corrected chi connectivity index (χ4v) is 5.26. The second kappa shape index (κ2) is 12.9. The summed E-state index contributed by atoms with van der Waals surface area (Å²) in [5.74, 6) is 0.266. The fraction of sp³-hybridized carbons (Fsp3) is 0.560. The minimum Gasteiger partial charge on any atom is -0.378 e. The minimum absolute atomic E-state index is 0.0399. The van der Waals surface area contributed by atoms with E-state index in [-0.39, 0.29) is 12.0 Å². The Bertz CT molecular complexity index is 1200. The van der Waals surface area contributed by atoms with Crippen molar-refractivity contribution in [1.82, 2.24) is 35.5 Å². The number of hydrogen-bond donors (Lipinski definition) is 2. The summed E-state index contributed by atoms with van der Waals surface area (Å²) in [5.41, 5.74) is 4.99. The summed E-state index contributed by atoms with van der Waals surface area (Å²) in [5, 5.41) is 9.91. The van der Waals surface area contributed by atoms with Crippen molar-refractivity contribution in [3.8, 4) is 0 Å². The van der Waals surface area contributed by atoms with E-state index in [1.54, 1.807) is 0 Å². The average Bonchev–Trinajstić information content (AvgIpc) is 3.29. The Morgan fingerprint density at radius 3 is 2.60 bits per heavy atom. The molecule has 0 bridgehead atoms. The maximum atomic E-state index is 12.8. The van der Waals surface area contributed by atoms with Gasteiger partial charge in [0.05, 0.1) is 53.4 Å². The van der Waals surface area contributed by atoms with Gasteiger partial charge >= 0.3 is 6.18 Å². The molecule has 0 aliphatic carbocycles. The number of nitrogens with one attached hydrogen (secondary N) is 2. The van der Waals surface area contributed by atoms with E-state index in [0.29, 0.717) is 39.6 Å². The van der Waals surface area contributed by atoms with Crippen LogP contribution in [0, 0.1) is 0 Å². The van der Waals surface area contributed by atoms with Gasteiger partial charge in [0.15, 0.2) is 0 Å². The highest BCUT2D eigenvalue weighted by Gasteiger charge is 2.32. The van der Waals surface area contributed by atoms with Crippen molar-refractivity contribution in [1.29, 1.82) is 0 Å². The highest BCUT2D eigenvalue weighted by molar-refractivity contribution is 9.12. The van der Waals surface area contributed by atoms with E-state index in [9.17, 15) is 13.2 Å². The first-order valence-electron chi connectivity index (χ1n) is 13.1. The first-order chi connectivity index (χ1) is 18.9. The van der Waals surface area contributed by atoms with Crippen LogP contribution in [0.3, 0.4) is 0 Å². The highest BCUT2D eigenvalue weighted by atomic mass is 79.9. The van der Waals surface area contributed by atoms with Crippen molar-refractivity contribution in [3.63, 3.8) is 0 Å². The van der Waals surface area contributed by atoms with Gasteiger partial charge in [-0.3, -0.25) is 9.69 Å². The molecule has 2 N–H and O–H groups in total. The summed E-state index contributed by atoms with van der Waals surface area (Å²) in [6.45, 7) is 12.7. The Kier molecular flexibility index (Phi) is 9.79. The lowest BCUT2D eigenvalue weighted by atomic mass is 10.3. The van der Waals surface area contributed by atoms with Crippen molar-refractivity contribution < 1.29 is 22.6 Å². The molecule has 1 atom stereocenters. The van der Waals surface area contributed by atoms with Crippen LogP contribution in [-0.4, -0.2) is 65.4 Å². The highest BCUT2D eigenvalue weighted by Crippen LogP contribution is 2.29. The van der Waals surface area contributed by atoms with Crippen molar-refractivity contribution in [2.24, 2.45) is 0 Å². The Balaban J connectivity index is 1.19. The van der Waals surface area contributed by atoms with Gasteiger partial charge in [0.1, 0.15) is 6.73 Å². The predicted octanol–water partition coefficient (Wildman–Crippen LogP) is 4.42. The monoisotopic (exact) mass is 644 g/mol. The van der Waals surface area contributed by atoms with Crippen LogP contribution in [0.1, 0.15) is 23.9 Å². The second-order valence-corrected chi connectivity index (χ2v) is 17.6. The lowest BCUT2D eigenvalue weighted by Gasteiger charge is -2.28. The number of halogens is 4. The third-order valence-electron chi connectivity index (χ3n) is 6.24. The molecule has 15 heteroatoms. The van der Waals surface area contributed by atoms with E-state index in [2.05, 4.69) is 61.4 Å². The van der Waals surface area contributed by atoms with Crippen molar-refractivity contribution in [2.75, 3.05) is 31.4 Å². The summed E-state index contributed by atoms with van der Waals surface area (Å²) >= 11 is 3.62. The Morgan fingerprint density at radius 1 is 1.18 bits per heavy atom. The molecule has 2 aromatic rings. The summed E-state index contributed by atoms with van der Waals surface area (Å²) in [4.78, 5) is 9.66. The van der Waals surface area contributed by atoms with E-state index < -0.39 is 19.8 Å². The summed E-state index contributed by atoms with van der Waals surface area (Å²) < 4.78 is 52.9. The third kappa shape index (κ3) is 8.69. The van der Waals surface area contributed by atoms with Crippen LogP contribution in [0.15, 0.2) is 41.0 Å². The number of fused-ring (bicyclic) bond motifs is 1. The molecule has 4 heterocycles. The average molecular weight is 646 g/mol. The zero-order valence-electron chi connectivity index (χ0n) is 23.1. The molecule has 0 spiro atoms. The van der Waals surface area contributed by atoms with Crippen molar-refractivity contribution >= 4 is 30.0 Å². The Morgan fingerprint density at radius 2 is 1.93 bits per heavy atom. The molecule has 2 aliphatic rings. The van der Waals surface area contributed by atoms with E-state index in [4.69, 9.17) is 9.47 Å². The maximum Gasteiger partial charge on any atom is 0.419 e. The van der Waals surface area contributed by atoms with E-state index in [1.165, 1.54) is 0 Å². The summed E-state index contributed by atoms with van der Waals surface area (Å²) in [6.07, 6.45) is 1.01. The number of allylic oxidation sites excluding steroid dienone is 1. The van der Waals surface area contributed by atoms with Crippen LogP contribution < -0.4 is 15.6 Å². The molecule has 0 fully saturated rings. The van der Waals surface area contributed by atoms with Crippen LogP contribution in [0.25, 0.3) is 0 Å². The molecular weight excluding hydrogens is 609 g/mol. The first kappa shape index (κ1) is 30.3. The molecule has 0 radical (unpaired) electrons. The SMILES string of the molecule is C[C@@H](COCc1cc2n(n1)CCN(c1ncc(C(F)(F)F)cn1)C2)NC1=CNN(COCC[Si](C)(C)C)C=C1Br. The molecule has 0 aromatic carbocycles. The third-order valence-corrected chi connectivity index (χ3v) is 8.58. The standard InChI is InChI=1S/C25H36BrF3N8O2Si/c1-18(33-23-12-32-36(14-22(23)26)17-38-7-8-40(2,3)4)15-39-16-20-9-21-13-35(5-6-37(21)34-20)24-30-10-19(11-31-24)25(27,28)29/h9-12,14,18,32-33H,5-8,13,15-17H2,1-4H3/t18-/m0/s1. The quantitative estimate of drug-likeness (QED) is 0.257. The van der Waals surface area contributed by atoms with Crippen LogP contribution in [0.5, 0.6) is 0 Å². The predicted molar refractivity (Wildman–Crippen MR) is 152 cm³/mol. The minimum atomic E-state index is -4.46. The van der Waals surface area contributed by atoms with Crippen LogP contribution in [-0.2, 0) is 35.3 Å². The van der Waals surface area contributed by atoms with Gasteiger partial charge < -0.3 is 25.1 Å². The molecule has 220 valence electrons. The largest absolute Gasteiger partial charge is 0.419 e. The molecule has 0 unspecified atom stereocenters. The second-order valence-electron chi connectivity index (χ2n) is 11.1. The lowest BCUT2D eigenvalue weighted by molar-refractivity contribution is -0.138. The number of hydrogen-bond acceptors (Lipinski definition) is 9. The van der Waals surface area contributed by atoms with Crippen molar-refractivity contribution in [3.05, 3.63) is 58.0 Å². The number of ether oxygens (including phenoxy) is 2. The smallest absolute Gasteiger partial charge is 0.378 e. The number of rotatable bonds is 12. The first-order valence-corrected chi connectivity index (χ1v) is 17.6. The van der Waals surface area contributed by atoms with Crippen molar-refractivity contribution in [2.45, 2.75) is 64.5 Å².